The van der Waals surface area contributed by atoms with Gasteiger partial charge >= 0.3 is 15.6 Å². The van der Waals surface area contributed by atoms with E-state index in [1.54, 1.807) is 0 Å². The summed E-state index contributed by atoms with van der Waals surface area (Å²) in [6.45, 7) is 5.82. The second-order valence-electron chi connectivity index (χ2n) is 4.53. The molecule has 0 radical (unpaired) electrons. The fraction of sp³-hybridized carbons (Fsp3) is 0.636. The Bertz CT molecular complexity index is 446. The zero-order valence-electron chi connectivity index (χ0n) is 11.9. The van der Waals surface area contributed by atoms with E-state index in [9.17, 15) is 9.13 Å². The maximum Gasteiger partial charge on any atom is 0.481 e. The Hall–Kier alpha value is -0.260. The molecule has 1 atom stereocenters. The summed E-state index contributed by atoms with van der Waals surface area (Å²) in [7, 11) is -9.75. The Kier molecular flexibility index (Phi) is 8.79. The highest BCUT2D eigenvalue weighted by Gasteiger charge is 2.31. The van der Waals surface area contributed by atoms with Crippen LogP contribution in [0.5, 0.6) is 0 Å². The summed E-state index contributed by atoms with van der Waals surface area (Å²) >= 11 is 0. The van der Waals surface area contributed by atoms with Crippen molar-refractivity contribution in [2.24, 2.45) is 0 Å². The van der Waals surface area contributed by atoms with Crippen molar-refractivity contribution in [3.05, 3.63) is 23.3 Å². The third-order valence-corrected chi connectivity index (χ3v) is 4.35. The van der Waals surface area contributed by atoms with Crippen molar-refractivity contribution in [2.75, 3.05) is 6.61 Å². The van der Waals surface area contributed by atoms with Crippen LogP contribution in [0.15, 0.2) is 23.3 Å². The lowest BCUT2D eigenvalue weighted by Crippen LogP contribution is -1.95. The fourth-order valence-electron chi connectivity index (χ4n) is 1.32. The van der Waals surface area contributed by atoms with Gasteiger partial charge in [-0.3, -0.25) is 4.52 Å². The van der Waals surface area contributed by atoms with E-state index in [4.69, 9.17) is 14.7 Å². The van der Waals surface area contributed by atoms with Gasteiger partial charge in [0.2, 0.25) is 0 Å². The molecule has 0 fully saturated rings. The number of rotatable bonds is 9. The molecule has 20 heavy (non-hydrogen) atoms. The van der Waals surface area contributed by atoms with Gasteiger partial charge < -0.3 is 14.7 Å². The molecule has 0 saturated heterocycles. The lowest BCUT2D eigenvalue weighted by atomic mass is 10.1. The van der Waals surface area contributed by atoms with Crippen LogP contribution in [0, 0.1) is 0 Å². The van der Waals surface area contributed by atoms with Gasteiger partial charge in [0.1, 0.15) is 0 Å². The normalized spacial score (nSPS) is 15.8. The summed E-state index contributed by atoms with van der Waals surface area (Å²) in [6, 6.07) is 0. The van der Waals surface area contributed by atoms with E-state index < -0.39 is 15.6 Å². The summed E-state index contributed by atoms with van der Waals surface area (Å²) in [5, 5.41) is 0. The van der Waals surface area contributed by atoms with Crippen LogP contribution in [0.3, 0.4) is 0 Å². The Morgan fingerprint density at radius 2 is 1.65 bits per heavy atom. The molecule has 0 saturated carbocycles. The minimum atomic E-state index is -5.04. The van der Waals surface area contributed by atoms with Crippen molar-refractivity contribution < 1.29 is 32.6 Å². The number of allylic oxidation sites excluding steroid dienone is 3. The Morgan fingerprint density at radius 1 is 1.05 bits per heavy atom. The smallest absolute Gasteiger partial charge is 0.302 e. The van der Waals surface area contributed by atoms with Crippen molar-refractivity contribution in [3.63, 3.8) is 0 Å². The summed E-state index contributed by atoms with van der Waals surface area (Å²) in [5.41, 5.74) is 2.35. The van der Waals surface area contributed by atoms with Crippen LogP contribution in [0.25, 0.3) is 0 Å². The average molecular weight is 328 g/mol. The predicted octanol–water partition coefficient (Wildman–Crippen LogP) is 3.30. The van der Waals surface area contributed by atoms with E-state index in [-0.39, 0.29) is 6.61 Å². The second-order valence-corrected chi connectivity index (χ2v) is 7.36. The van der Waals surface area contributed by atoms with Gasteiger partial charge in [-0.05, 0) is 40.0 Å². The Balaban J connectivity index is 4.03. The molecule has 0 aliphatic heterocycles. The lowest BCUT2D eigenvalue weighted by molar-refractivity contribution is 0.180. The molecule has 118 valence electrons. The minimum Gasteiger partial charge on any atom is -0.302 e. The van der Waals surface area contributed by atoms with E-state index in [2.05, 4.69) is 14.9 Å². The van der Waals surface area contributed by atoms with Crippen LogP contribution in [0.1, 0.15) is 40.0 Å². The molecule has 0 aliphatic rings. The summed E-state index contributed by atoms with van der Waals surface area (Å²) in [5.74, 6) is 0. The third-order valence-electron chi connectivity index (χ3n) is 2.17. The van der Waals surface area contributed by atoms with Gasteiger partial charge in [-0.1, -0.05) is 23.3 Å². The monoisotopic (exact) mass is 328 g/mol. The highest BCUT2D eigenvalue weighted by Crippen LogP contribution is 2.57. The molecular formula is C11H22O7P2. The highest BCUT2D eigenvalue weighted by atomic mass is 31.3. The maximum absolute atomic E-state index is 11.1. The highest BCUT2D eigenvalue weighted by molar-refractivity contribution is 7.60. The first-order valence-electron chi connectivity index (χ1n) is 6.05. The maximum atomic E-state index is 11.1. The molecule has 0 aromatic rings. The first kappa shape index (κ1) is 19.7. The number of hydrogen-bond donors (Lipinski definition) is 3. The van der Waals surface area contributed by atoms with Gasteiger partial charge in [0, 0.05) is 0 Å². The topological polar surface area (TPSA) is 113 Å². The van der Waals surface area contributed by atoms with Gasteiger partial charge in [0.15, 0.2) is 0 Å². The zero-order chi connectivity index (χ0) is 15.8. The molecule has 0 aliphatic carbocycles. The molecule has 0 rings (SSSR count). The van der Waals surface area contributed by atoms with Crippen LogP contribution < -0.4 is 0 Å². The molecule has 0 aromatic heterocycles. The number of phosphoric ester groups is 1. The fourth-order valence-corrected chi connectivity index (χ4v) is 2.92. The van der Waals surface area contributed by atoms with Crippen molar-refractivity contribution in [3.8, 4) is 0 Å². The van der Waals surface area contributed by atoms with Crippen LogP contribution in [-0.2, 0) is 18.0 Å². The van der Waals surface area contributed by atoms with Crippen molar-refractivity contribution in [1.29, 1.82) is 0 Å². The van der Waals surface area contributed by atoms with Crippen molar-refractivity contribution >= 4 is 15.6 Å². The van der Waals surface area contributed by atoms with Crippen LogP contribution in [-0.4, -0.2) is 21.3 Å². The Morgan fingerprint density at radius 3 is 2.15 bits per heavy atom. The summed E-state index contributed by atoms with van der Waals surface area (Å²) in [6.07, 6.45) is 6.11. The SMILES string of the molecule is CC(C)=CCCC(C)=CCCOP(=O)(O)OP(=O)(O)O. The van der Waals surface area contributed by atoms with Gasteiger partial charge in [-0.15, -0.1) is 0 Å². The number of phosphoric acid groups is 2. The van der Waals surface area contributed by atoms with Gasteiger partial charge in [0.25, 0.3) is 0 Å². The third kappa shape index (κ3) is 12.8. The molecule has 1 unspecified atom stereocenters. The summed E-state index contributed by atoms with van der Waals surface area (Å²) < 4.78 is 29.6. The van der Waals surface area contributed by atoms with Crippen molar-refractivity contribution in [1.82, 2.24) is 0 Å². The average Bonchev–Trinajstić information content (AvgIpc) is 2.20. The Labute approximate surface area is 119 Å². The van der Waals surface area contributed by atoms with Crippen LogP contribution >= 0.6 is 15.6 Å². The molecule has 0 heterocycles. The van der Waals surface area contributed by atoms with E-state index in [1.807, 2.05) is 26.8 Å². The van der Waals surface area contributed by atoms with E-state index in [0.717, 1.165) is 18.4 Å². The standard InChI is InChI=1S/C11H22O7P2/c1-10(2)6-4-7-11(3)8-5-9-17-20(15,16)18-19(12,13)14/h6,8H,4-5,7,9H2,1-3H3,(H,15,16)(H2,12,13,14). The summed E-state index contributed by atoms with van der Waals surface area (Å²) in [4.78, 5) is 25.8. The second kappa shape index (κ2) is 8.90. The van der Waals surface area contributed by atoms with Crippen LogP contribution in [0.4, 0.5) is 0 Å². The van der Waals surface area contributed by atoms with E-state index >= 15 is 0 Å². The number of hydrogen-bond acceptors (Lipinski definition) is 4. The largest absolute Gasteiger partial charge is 0.481 e. The molecule has 7 nitrogen and oxygen atoms in total. The van der Waals surface area contributed by atoms with Crippen molar-refractivity contribution in [2.45, 2.75) is 40.0 Å². The molecule has 0 amide bonds. The zero-order valence-corrected chi connectivity index (χ0v) is 13.6. The molecule has 9 heteroatoms. The lowest BCUT2D eigenvalue weighted by Gasteiger charge is -2.11. The van der Waals surface area contributed by atoms with Crippen LogP contribution in [0.2, 0.25) is 0 Å². The molecule has 3 N–H and O–H groups in total. The predicted molar refractivity (Wildman–Crippen MR) is 75.9 cm³/mol. The molecule has 0 bridgehead atoms. The first-order chi connectivity index (χ1) is 9.02. The van der Waals surface area contributed by atoms with Gasteiger partial charge in [-0.2, -0.15) is 4.31 Å². The van der Waals surface area contributed by atoms with E-state index in [0.29, 0.717) is 6.42 Å². The quantitative estimate of drug-likeness (QED) is 0.338. The van der Waals surface area contributed by atoms with E-state index in [1.165, 1.54) is 5.57 Å². The first-order valence-corrected chi connectivity index (χ1v) is 9.07. The van der Waals surface area contributed by atoms with Gasteiger partial charge in [0.05, 0.1) is 6.61 Å². The molecule has 0 spiro atoms. The van der Waals surface area contributed by atoms with Gasteiger partial charge in [-0.25, -0.2) is 9.13 Å². The molecule has 0 aromatic carbocycles. The molecular weight excluding hydrogens is 306 g/mol. The minimum absolute atomic E-state index is 0.159.